The lowest BCUT2D eigenvalue weighted by Gasteiger charge is -2.07. The fourth-order valence-corrected chi connectivity index (χ4v) is 1.85. The predicted octanol–water partition coefficient (Wildman–Crippen LogP) is 0.405. The number of primary amides is 1. The zero-order valence-corrected chi connectivity index (χ0v) is 11.7. The summed E-state index contributed by atoms with van der Waals surface area (Å²) < 4.78 is 1.48. The Hall–Kier alpha value is -3.16. The number of hydrogen-bond acceptors (Lipinski definition) is 5. The molecular formula is C14H15N5O3. The molecule has 0 bridgehead atoms. The molecule has 0 atom stereocenters. The number of nitrogens with one attached hydrogen (secondary N) is 1. The average molecular weight is 301 g/mol. The molecule has 8 heteroatoms. The molecule has 1 aromatic heterocycles. The second-order valence-electron chi connectivity index (χ2n) is 4.57. The first-order valence-electron chi connectivity index (χ1n) is 6.46. The lowest BCUT2D eigenvalue weighted by molar-refractivity contribution is -0.116. The Bertz CT molecular complexity index is 706. The van der Waals surface area contributed by atoms with Gasteiger partial charge >= 0.3 is 0 Å². The molecule has 2 amide bonds. The maximum atomic E-state index is 11.8. The second kappa shape index (κ2) is 6.53. The number of anilines is 2. The molecule has 0 radical (unpaired) electrons. The normalized spacial score (nSPS) is 10.2. The van der Waals surface area contributed by atoms with E-state index in [0.29, 0.717) is 11.3 Å². The molecule has 0 aliphatic heterocycles. The summed E-state index contributed by atoms with van der Waals surface area (Å²) in [6.45, 7) is 0.268. The first-order valence-corrected chi connectivity index (χ1v) is 6.46. The van der Waals surface area contributed by atoms with E-state index in [1.54, 1.807) is 24.3 Å². The van der Waals surface area contributed by atoms with E-state index >= 15 is 0 Å². The van der Waals surface area contributed by atoms with Crippen LogP contribution in [0.25, 0.3) is 0 Å². The monoisotopic (exact) mass is 301 g/mol. The number of benzene rings is 1. The lowest BCUT2D eigenvalue weighted by atomic mass is 10.2. The van der Waals surface area contributed by atoms with Crippen LogP contribution in [0.15, 0.2) is 30.6 Å². The molecular weight excluding hydrogens is 286 g/mol. The maximum absolute atomic E-state index is 11.8. The van der Waals surface area contributed by atoms with Crippen molar-refractivity contribution in [2.45, 2.75) is 13.0 Å². The zero-order chi connectivity index (χ0) is 16.1. The topological polar surface area (TPSA) is 133 Å². The highest BCUT2D eigenvalue weighted by molar-refractivity contribution is 5.95. The number of imidazole rings is 1. The van der Waals surface area contributed by atoms with Crippen molar-refractivity contribution in [3.63, 3.8) is 0 Å². The molecule has 114 valence electrons. The van der Waals surface area contributed by atoms with Gasteiger partial charge in [-0.25, -0.2) is 4.98 Å². The van der Waals surface area contributed by atoms with E-state index in [0.717, 1.165) is 6.29 Å². The van der Waals surface area contributed by atoms with Gasteiger partial charge in [0.25, 0.3) is 5.91 Å². The number of nitrogens with zero attached hydrogens (tertiary/aromatic N) is 2. The van der Waals surface area contributed by atoms with Crippen LogP contribution in [0.3, 0.4) is 0 Å². The van der Waals surface area contributed by atoms with Gasteiger partial charge in [0.15, 0.2) is 5.69 Å². The van der Waals surface area contributed by atoms with Gasteiger partial charge in [0.05, 0.1) is 6.33 Å². The summed E-state index contributed by atoms with van der Waals surface area (Å²) in [5.41, 5.74) is 11.9. The molecule has 1 aromatic carbocycles. The molecule has 5 N–H and O–H groups in total. The number of amides is 2. The molecule has 8 nitrogen and oxygen atoms in total. The van der Waals surface area contributed by atoms with Gasteiger partial charge in [-0.05, 0) is 24.3 Å². The molecule has 2 aromatic rings. The molecule has 0 saturated heterocycles. The quantitative estimate of drug-likeness (QED) is 0.664. The molecule has 0 aliphatic rings. The molecule has 1 heterocycles. The highest BCUT2D eigenvalue weighted by atomic mass is 16.2. The number of aldehydes is 1. The van der Waals surface area contributed by atoms with Crippen LogP contribution in [0.1, 0.15) is 27.3 Å². The van der Waals surface area contributed by atoms with Crippen LogP contribution in [-0.4, -0.2) is 27.7 Å². The summed E-state index contributed by atoms with van der Waals surface area (Å²) >= 11 is 0. The summed E-state index contributed by atoms with van der Waals surface area (Å²) in [7, 11) is 0. The van der Waals surface area contributed by atoms with Crippen LogP contribution in [0.2, 0.25) is 0 Å². The Morgan fingerprint density at radius 2 is 1.95 bits per heavy atom. The molecule has 0 aliphatic carbocycles. The Kier molecular flexibility index (Phi) is 4.52. The van der Waals surface area contributed by atoms with Crippen LogP contribution in [-0.2, 0) is 11.3 Å². The van der Waals surface area contributed by atoms with Crippen LogP contribution < -0.4 is 16.8 Å². The van der Waals surface area contributed by atoms with Gasteiger partial charge in [0, 0.05) is 24.2 Å². The van der Waals surface area contributed by atoms with Gasteiger partial charge in [-0.15, -0.1) is 0 Å². The maximum Gasteiger partial charge on any atom is 0.271 e. The van der Waals surface area contributed by atoms with Gasteiger partial charge in [-0.3, -0.25) is 14.4 Å². The first kappa shape index (κ1) is 15.2. The minimum atomic E-state index is -0.712. The highest BCUT2D eigenvalue weighted by Gasteiger charge is 2.13. The van der Waals surface area contributed by atoms with Crippen molar-refractivity contribution in [1.29, 1.82) is 0 Å². The largest absolute Gasteiger partial charge is 0.383 e. The Morgan fingerprint density at radius 1 is 1.27 bits per heavy atom. The molecule has 22 heavy (non-hydrogen) atoms. The predicted molar refractivity (Wildman–Crippen MR) is 80.2 cm³/mol. The van der Waals surface area contributed by atoms with Crippen molar-refractivity contribution in [1.82, 2.24) is 9.55 Å². The van der Waals surface area contributed by atoms with Crippen LogP contribution in [0, 0.1) is 0 Å². The SMILES string of the molecule is NC(=O)c1ncn(CCC(=O)Nc2ccc(C=O)cc2)c1N. The number of nitrogen functional groups attached to an aromatic ring is 1. The highest BCUT2D eigenvalue weighted by Crippen LogP contribution is 2.11. The van der Waals surface area contributed by atoms with E-state index in [9.17, 15) is 14.4 Å². The van der Waals surface area contributed by atoms with Crippen molar-refractivity contribution >= 4 is 29.6 Å². The van der Waals surface area contributed by atoms with Crippen LogP contribution in [0.5, 0.6) is 0 Å². The van der Waals surface area contributed by atoms with Gasteiger partial charge in [0.1, 0.15) is 12.1 Å². The molecule has 0 spiro atoms. The summed E-state index contributed by atoms with van der Waals surface area (Å²) in [5.74, 6) is -0.806. The van der Waals surface area contributed by atoms with Gasteiger partial charge in [-0.1, -0.05) is 0 Å². The molecule has 0 fully saturated rings. The van der Waals surface area contributed by atoms with E-state index in [2.05, 4.69) is 10.3 Å². The fraction of sp³-hybridized carbons (Fsp3) is 0.143. The van der Waals surface area contributed by atoms with Crippen LogP contribution in [0.4, 0.5) is 11.5 Å². The lowest BCUT2D eigenvalue weighted by Crippen LogP contribution is -2.17. The summed E-state index contributed by atoms with van der Waals surface area (Å²) in [6, 6.07) is 6.49. The molecule has 0 saturated carbocycles. The van der Waals surface area contributed by atoms with Crippen molar-refractivity contribution < 1.29 is 14.4 Å². The number of aryl methyl sites for hydroxylation is 1. The van der Waals surface area contributed by atoms with E-state index in [1.165, 1.54) is 10.9 Å². The zero-order valence-electron chi connectivity index (χ0n) is 11.7. The summed E-state index contributed by atoms with van der Waals surface area (Å²) in [6.07, 6.45) is 2.24. The second-order valence-corrected chi connectivity index (χ2v) is 4.57. The van der Waals surface area contributed by atoms with E-state index in [1.807, 2.05) is 0 Å². The molecule has 0 unspecified atom stereocenters. The van der Waals surface area contributed by atoms with Crippen molar-refractivity contribution in [3.05, 3.63) is 41.9 Å². The third-order valence-electron chi connectivity index (χ3n) is 3.02. The minimum Gasteiger partial charge on any atom is -0.383 e. The summed E-state index contributed by atoms with van der Waals surface area (Å²) in [5, 5.41) is 2.69. The van der Waals surface area contributed by atoms with Crippen molar-refractivity contribution in [2.75, 3.05) is 11.1 Å². The van der Waals surface area contributed by atoms with Crippen LogP contribution >= 0.6 is 0 Å². The first-order chi connectivity index (χ1) is 10.5. The third-order valence-corrected chi connectivity index (χ3v) is 3.02. The number of carbonyl (C=O) groups is 3. The standard InChI is InChI=1S/C14H15N5O3/c15-13-12(14(16)22)17-8-19(13)6-5-11(21)18-10-3-1-9(7-20)2-4-10/h1-4,7-8H,5-6,15H2,(H2,16,22)(H,18,21). The number of hydrogen-bond donors (Lipinski definition) is 3. The van der Waals surface area contributed by atoms with Gasteiger partial charge < -0.3 is 21.4 Å². The Labute approximate surface area is 126 Å². The molecule has 2 rings (SSSR count). The van der Waals surface area contributed by atoms with E-state index in [4.69, 9.17) is 11.5 Å². The van der Waals surface area contributed by atoms with E-state index in [-0.39, 0.29) is 30.4 Å². The summed E-state index contributed by atoms with van der Waals surface area (Å²) in [4.78, 5) is 37.2. The Morgan fingerprint density at radius 3 is 2.50 bits per heavy atom. The van der Waals surface area contributed by atoms with Crippen molar-refractivity contribution in [3.8, 4) is 0 Å². The van der Waals surface area contributed by atoms with Gasteiger partial charge in [-0.2, -0.15) is 0 Å². The number of rotatable bonds is 6. The minimum absolute atomic E-state index is 0.00939. The van der Waals surface area contributed by atoms with Gasteiger partial charge in [0.2, 0.25) is 5.91 Å². The fourth-order valence-electron chi connectivity index (χ4n) is 1.85. The number of nitrogens with two attached hydrogens (primary N) is 2. The van der Waals surface area contributed by atoms with E-state index < -0.39 is 5.91 Å². The number of aromatic nitrogens is 2. The van der Waals surface area contributed by atoms with Crippen molar-refractivity contribution in [2.24, 2.45) is 5.73 Å². The third kappa shape index (κ3) is 3.48. The Balaban J connectivity index is 1.92. The number of carbonyl (C=O) groups excluding carboxylic acids is 3. The average Bonchev–Trinajstić information content (AvgIpc) is 2.87. The smallest absolute Gasteiger partial charge is 0.271 e.